The maximum absolute atomic E-state index is 11.3. The molecule has 0 bridgehead atoms. The highest BCUT2D eigenvalue weighted by molar-refractivity contribution is 7.45. The van der Waals surface area contributed by atoms with Gasteiger partial charge < -0.3 is 33.0 Å². The van der Waals surface area contributed by atoms with Gasteiger partial charge in [0.25, 0.3) is 7.82 Å². The Morgan fingerprint density at radius 2 is 1.36 bits per heavy atom. The molecule has 0 fully saturated rings. The monoisotopic (exact) mass is 425 g/mol. The Hall–Kier alpha value is -1.55. The summed E-state index contributed by atoms with van der Waals surface area (Å²) in [4.78, 5) is 32.8. The normalized spacial score (nSPS) is 12.8. The number of carbonyl (C=O) groups is 2. The summed E-state index contributed by atoms with van der Waals surface area (Å²) >= 11 is 0. The topological polar surface area (TPSA) is 131 Å². The van der Waals surface area contributed by atoms with E-state index in [0.29, 0.717) is 16.6 Å². The second kappa shape index (κ2) is 14.4. The van der Waals surface area contributed by atoms with Crippen LogP contribution in [0, 0.1) is 0 Å². The van der Waals surface area contributed by atoms with Crippen LogP contribution in [0.5, 0.6) is 0 Å². The first-order valence-electron chi connectivity index (χ1n) is 8.38. The average Bonchev–Trinajstić information content (AvgIpc) is 2.55. The molecule has 0 rings (SSSR count). The van der Waals surface area contributed by atoms with Crippen LogP contribution < -0.4 is 4.89 Å². The molecule has 10 nitrogen and oxygen atoms in total. The van der Waals surface area contributed by atoms with Crippen molar-refractivity contribution in [3.05, 3.63) is 24.3 Å². The molecule has 1 atom stereocenters. The third kappa shape index (κ3) is 19.2. The van der Waals surface area contributed by atoms with Gasteiger partial charge in [-0.05, 0) is 13.8 Å². The number of nitrogens with zero attached hydrogens (tertiary/aromatic N) is 1. The molecule has 164 valence electrons. The summed E-state index contributed by atoms with van der Waals surface area (Å²) in [5.74, 6) is -1.04. The van der Waals surface area contributed by atoms with E-state index in [1.54, 1.807) is 6.92 Å². The summed E-state index contributed by atoms with van der Waals surface area (Å²) in [6, 6.07) is 0. The van der Waals surface area contributed by atoms with Gasteiger partial charge in [0, 0.05) is 11.1 Å². The van der Waals surface area contributed by atoms with Crippen LogP contribution in [0.15, 0.2) is 24.3 Å². The molecule has 28 heavy (non-hydrogen) atoms. The van der Waals surface area contributed by atoms with E-state index in [1.807, 2.05) is 21.1 Å². The van der Waals surface area contributed by atoms with Gasteiger partial charge in [0.2, 0.25) is 0 Å². The third-order valence-electron chi connectivity index (χ3n) is 2.60. The third-order valence-corrected chi connectivity index (χ3v) is 3.60. The van der Waals surface area contributed by atoms with Crippen molar-refractivity contribution in [1.82, 2.24) is 0 Å². The van der Waals surface area contributed by atoms with E-state index in [9.17, 15) is 19.0 Å². The van der Waals surface area contributed by atoms with Crippen molar-refractivity contribution in [2.24, 2.45) is 0 Å². The second-order valence-electron chi connectivity index (χ2n) is 6.68. The van der Waals surface area contributed by atoms with Gasteiger partial charge in [0.15, 0.2) is 0 Å². The Balaban J connectivity index is 0. The minimum absolute atomic E-state index is 0.0375. The fourth-order valence-electron chi connectivity index (χ4n) is 1.13. The fraction of sp³-hybridized carbons (Fsp3) is 0.647. The molecule has 0 aliphatic rings. The van der Waals surface area contributed by atoms with Crippen LogP contribution in [-0.2, 0) is 32.7 Å². The number of phosphoric ester groups is 1. The number of rotatable bonds is 12. The van der Waals surface area contributed by atoms with Gasteiger partial charge in [-0.25, -0.2) is 9.59 Å². The Morgan fingerprint density at radius 3 is 1.75 bits per heavy atom. The summed E-state index contributed by atoms with van der Waals surface area (Å²) < 4.78 is 30.2. The predicted molar refractivity (Wildman–Crippen MR) is 101 cm³/mol. The summed E-state index contributed by atoms with van der Waals surface area (Å²) in [6.07, 6.45) is 0. The molecule has 0 aliphatic heterocycles. The number of aliphatic hydroxyl groups excluding tert-OH is 1. The van der Waals surface area contributed by atoms with Crippen LogP contribution in [0.3, 0.4) is 0 Å². The number of phosphoric acid groups is 1. The Kier molecular flexibility index (Phi) is 14.8. The van der Waals surface area contributed by atoms with Crippen molar-refractivity contribution in [2.45, 2.75) is 13.8 Å². The van der Waals surface area contributed by atoms with Crippen molar-refractivity contribution in [3.63, 3.8) is 0 Å². The lowest BCUT2D eigenvalue weighted by atomic mass is 10.4. The highest BCUT2D eigenvalue weighted by Crippen LogP contribution is 2.37. The van der Waals surface area contributed by atoms with Gasteiger partial charge in [-0.15, -0.1) is 0 Å². The van der Waals surface area contributed by atoms with E-state index in [-0.39, 0.29) is 38.6 Å². The molecule has 0 heterocycles. The molecule has 0 amide bonds. The molecule has 1 N–H and O–H groups in total. The zero-order valence-corrected chi connectivity index (χ0v) is 18.2. The molecular weight excluding hydrogens is 393 g/mol. The highest BCUT2D eigenvalue weighted by atomic mass is 31.2. The number of carbonyl (C=O) groups excluding carboxylic acids is 2. The molecule has 0 aromatic rings. The molecule has 0 aliphatic carbocycles. The zero-order chi connectivity index (χ0) is 22.4. The second-order valence-corrected chi connectivity index (χ2v) is 8.09. The number of ether oxygens (including phenoxy) is 2. The number of hydrogen-bond donors (Lipinski definition) is 1. The summed E-state index contributed by atoms with van der Waals surface area (Å²) in [6.45, 7) is 9.82. The lowest BCUT2D eigenvalue weighted by Crippen LogP contribution is -2.37. The van der Waals surface area contributed by atoms with E-state index in [0.717, 1.165) is 0 Å². The van der Waals surface area contributed by atoms with Gasteiger partial charge >= 0.3 is 11.9 Å². The summed E-state index contributed by atoms with van der Waals surface area (Å²) in [5.41, 5.74) is 0.591. The van der Waals surface area contributed by atoms with Gasteiger partial charge in [-0.2, -0.15) is 0 Å². The smallest absolute Gasteiger partial charge is 0.333 e. The molecule has 0 aromatic heterocycles. The van der Waals surface area contributed by atoms with Gasteiger partial charge in [-0.3, -0.25) is 4.57 Å². The average molecular weight is 425 g/mol. The summed E-state index contributed by atoms with van der Waals surface area (Å²) in [5, 5.41) is 8.19. The van der Waals surface area contributed by atoms with Crippen LogP contribution in [0.25, 0.3) is 0 Å². The maximum Gasteiger partial charge on any atom is 0.333 e. The molecule has 1 unspecified atom stereocenters. The molecule has 0 spiro atoms. The van der Waals surface area contributed by atoms with Crippen LogP contribution >= 0.6 is 7.82 Å². The lowest BCUT2D eigenvalue weighted by molar-refractivity contribution is -0.870. The van der Waals surface area contributed by atoms with Crippen molar-refractivity contribution >= 4 is 19.8 Å². The number of hydrogen-bond acceptors (Lipinski definition) is 9. The minimum atomic E-state index is -4.34. The Bertz CT molecular complexity index is 569. The maximum atomic E-state index is 11.3. The van der Waals surface area contributed by atoms with Crippen LogP contribution in [0.4, 0.5) is 0 Å². The van der Waals surface area contributed by atoms with Gasteiger partial charge in [0.05, 0.1) is 34.4 Å². The molecule has 0 saturated carbocycles. The van der Waals surface area contributed by atoms with Crippen molar-refractivity contribution < 1.29 is 47.2 Å². The lowest BCUT2D eigenvalue weighted by Gasteiger charge is -2.27. The van der Waals surface area contributed by atoms with Crippen molar-refractivity contribution in [1.29, 1.82) is 0 Å². The molecule has 0 aromatic carbocycles. The van der Waals surface area contributed by atoms with Crippen molar-refractivity contribution in [2.75, 3.05) is 60.7 Å². The zero-order valence-electron chi connectivity index (χ0n) is 17.3. The standard InChI is InChI=1S/C11H22NO6P.C6H10O3/c1-10(2)11(13)16-8-9-18-19(14,15)17-7-6-12(3,4)5;1-5(2)6(8)9-4-3-7/h1,6-9H2,2-5H3;7H,1,3-4H2,2H3. The molecular formula is C17H32NO9P. The van der Waals surface area contributed by atoms with E-state index >= 15 is 0 Å². The number of esters is 2. The van der Waals surface area contributed by atoms with Crippen molar-refractivity contribution in [3.8, 4) is 0 Å². The predicted octanol–water partition coefficient (Wildman–Crippen LogP) is 0.412. The Labute approximate surface area is 166 Å². The van der Waals surface area contributed by atoms with E-state index in [2.05, 4.69) is 31.7 Å². The Morgan fingerprint density at radius 1 is 0.929 bits per heavy atom. The van der Waals surface area contributed by atoms with E-state index in [1.165, 1.54) is 6.92 Å². The van der Waals surface area contributed by atoms with Gasteiger partial charge in [-0.1, -0.05) is 13.2 Å². The minimum Gasteiger partial charge on any atom is -0.756 e. The number of likely N-dealkylation sites (N-methyl/N-ethyl adjacent to an activating group) is 1. The van der Waals surface area contributed by atoms with Crippen LogP contribution in [0.2, 0.25) is 0 Å². The highest BCUT2D eigenvalue weighted by Gasteiger charge is 2.13. The first-order valence-corrected chi connectivity index (χ1v) is 9.84. The first kappa shape index (κ1) is 28.7. The van der Waals surface area contributed by atoms with Crippen LogP contribution in [-0.4, -0.2) is 82.3 Å². The quantitative estimate of drug-likeness (QED) is 0.155. The number of quaternary nitrogens is 1. The molecule has 0 radical (unpaired) electrons. The van der Waals surface area contributed by atoms with Gasteiger partial charge in [0.1, 0.15) is 26.4 Å². The van der Waals surface area contributed by atoms with Crippen LogP contribution in [0.1, 0.15) is 13.8 Å². The molecule has 11 heteroatoms. The van der Waals surface area contributed by atoms with E-state index < -0.39 is 19.8 Å². The molecule has 0 saturated heterocycles. The summed E-state index contributed by atoms with van der Waals surface area (Å²) in [7, 11) is 1.41. The SMILES string of the molecule is C=C(C)C(=O)OCCO.C=C(C)C(=O)OCCOP(=O)([O-])OCC[N+](C)(C)C. The van der Waals surface area contributed by atoms with E-state index in [4.69, 9.17) is 5.11 Å². The number of aliphatic hydroxyl groups is 1. The largest absolute Gasteiger partial charge is 0.756 e. The fourth-order valence-corrected chi connectivity index (χ4v) is 1.81. The first-order chi connectivity index (χ1) is 12.7.